The van der Waals surface area contributed by atoms with Crippen molar-refractivity contribution in [3.63, 3.8) is 0 Å². The first-order valence-electron chi connectivity index (χ1n) is 12.2. The maximum absolute atomic E-state index is 13.8. The normalized spacial score (nSPS) is 13.0. The number of ether oxygens (including phenoxy) is 1. The highest BCUT2D eigenvalue weighted by Crippen LogP contribution is 2.31. The van der Waals surface area contributed by atoms with E-state index in [0.29, 0.717) is 12.2 Å². The Kier molecular flexibility index (Phi) is 10.3. The molecule has 1 N–H and O–H groups in total. The summed E-state index contributed by atoms with van der Waals surface area (Å²) in [6.07, 6.45) is 2.19. The third kappa shape index (κ3) is 7.71. The van der Waals surface area contributed by atoms with Crippen LogP contribution in [0.2, 0.25) is 0 Å². The molecule has 0 aromatic heterocycles. The average molecular weight is 518 g/mol. The summed E-state index contributed by atoms with van der Waals surface area (Å²) >= 11 is 0. The minimum atomic E-state index is -3.84. The molecule has 9 heteroatoms. The van der Waals surface area contributed by atoms with E-state index in [1.165, 1.54) is 12.0 Å². The zero-order chi connectivity index (χ0) is 27.0. The van der Waals surface area contributed by atoms with E-state index in [2.05, 4.69) is 5.32 Å². The van der Waals surface area contributed by atoms with E-state index >= 15 is 0 Å². The summed E-state index contributed by atoms with van der Waals surface area (Å²) in [6.45, 7) is 9.24. The molecule has 0 unspecified atom stereocenters. The predicted molar refractivity (Wildman–Crippen MR) is 144 cm³/mol. The first kappa shape index (κ1) is 29.2. The van der Waals surface area contributed by atoms with E-state index in [4.69, 9.17) is 4.74 Å². The molecule has 0 aliphatic rings. The van der Waals surface area contributed by atoms with Crippen LogP contribution in [-0.4, -0.2) is 57.1 Å². The predicted octanol–water partition coefficient (Wildman–Crippen LogP) is 3.80. The topological polar surface area (TPSA) is 96.0 Å². The second kappa shape index (κ2) is 12.8. The van der Waals surface area contributed by atoms with Gasteiger partial charge in [0.05, 0.1) is 19.1 Å². The van der Waals surface area contributed by atoms with Crippen LogP contribution in [-0.2, 0) is 26.2 Å². The first-order chi connectivity index (χ1) is 16.9. The number of nitrogens with one attached hydrogen (secondary N) is 1. The molecule has 0 radical (unpaired) electrons. The molecule has 0 spiro atoms. The Morgan fingerprint density at radius 2 is 1.61 bits per heavy atom. The van der Waals surface area contributed by atoms with Crippen molar-refractivity contribution < 1.29 is 22.7 Å². The minimum Gasteiger partial charge on any atom is -0.495 e. The third-order valence-corrected chi connectivity index (χ3v) is 7.27. The van der Waals surface area contributed by atoms with Crippen LogP contribution in [0.3, 0.4) is 0 Å². The van der Waals surface area contributed by atoms with Gasteiger partial charge in [-0.2, -0.15) is 0 Å². The molecule has 36 heavy (non-hydrogen) atoms. The fourth-order valence-electron chi connectivity index (χ4n) is 3.84. The van der Waals surface area contributed by atoms with Crippen LogP contribution in [0, 0.1) is 13.8 Å². The number of methoxy groups -OCH3 is 1. The zero-order valence-corrected chi connectivity index (χ0v) is 23.2. The van der Waals surface area contributed by atoms with E-state index in [9.17, 15) is 18.0 Å². The van der Waals surface area contributed by atoms with Gasteiger partial charge in [-0.25, -0.2) is 8.42 Å². The molecule has 0 aliphatic heterocycles. The highest BCUT2D eigenvalue weighted by atomic mass is 32.2. The Balaban J connectivity index is 2.50. The van der Waals surface area contributed by atoms with Crippen molar-refractivity contribution in [2.75, 3.05) is 24.2 Å². The molecule has 0 heterocycles. The van der Waals surface area contributed by atoms with Gasteiger partial charge in [-0.3, -0.25) is 13.9 Å². The summed E-state index contributed by atoms with van der Waals surface area (Å²) in [4.78, 5) is 28.4. The first-order valence-corrected chi connectivity index (χ1v) is 14.0. The molecule has 2 aromatic rings. The van der Waals surface area contributed by atoms with Crippen LogP contribution in [0.15, 0.2) is 42.5 Å². The van der Waals surface area contributed by atoms with Crippen molar-refractivity contribution in [1.82, 2.24) is 10.2 Å². The third-order valence-electron chi connectivity index (χ3n) is 6.14. The fourth-order valence-corrected chi connectivity index (χ4v) is 4.69. The van der Waals surface area contributed by atoms with Gasteiger partial charge in [0.15, 0.2) is 0 Å². The quantitative estimate of drug-likeness (QED) is 0.462. The summed E-state index contributed by atoms with van der Waals surface area (Å²) in [7, 11) is -2.39. The van der Waals surface area contributed by atoms with Crippen molar-refractivity contribution in [2.45, 2.75) is 66.1 Å². The summed E-state index contributed by atoms with van der Waals surface area (Å²) < 4.78 is 32.1. The number of benzene rings is 2. The summed E-state index contributed by atoms with van der Waals surface area (Å²) in [5, 5.41) is 2.97. The van der Waals surface area contributed by atoms with E-state index < -0.39 is 28.5 Å². The van der Waals surface area contributed by atoms with Crippen molar-refractivity contribution in [2.24, 2.45) is 0 Å². The molecule has 2 amide bonds. The lowest BCUT2D eigenvalue weighted by atomic mass is 10.1. The lowest BCUT2D eigenvalue weighted by Crippen LogP contribution is -2.53. The molecule has 198 valence electrons. The van der Waals surface area contributed by atoms with E-state index in [0.717, 1.165) is 33.7 Å². The molecule has 0 fully saturated rings. The van der Waals surface area contributed by atoms with Gasteiger partial charge in [-0.05, 0) is 56.9 Å². The van der Waals surface area contributed by atoms with Gasteiger partial charge >= 0.3 is 0 Å². The Bertz CT molecular complexity index is 1150. The largest absolute Gasteiger partial charge is 0.495 e. The van der Waals surface area contributed by atoms with Gasteiger partial charge in [0, 0.05) is 12.6 Å². The Morgan fingerprint density at radius 3 is 2.14 bits per heavy atom. The van der Waals surface area contributed by atoms with Crippen LogP contribution >= 0.6 is 0 Å². The molecule has 2 atom stereocenters. The number of rotatable bonds is 12. The monoisotopic (exact) mass is 517 g/mol. The molecule has 0 saturated heterocycles. The van der Waals surface area contributed by atoms with Gasteiger partial charge in [0.25, 0.3) is 0 Å². The maximum Gasteiger partial charge on any atom is 0.244 e. The molecule has 0 bridgehead atoms. The van der Waals surface area contributed by atoms with Crippen molar-refractivity contribution in [1.29, 1.82) is 0 Å². The molecule has 2 rings (SSSR count). The van der Waals surface area contributed by atoms with Crippen molar-refractivity contribution in [3.05, 3.63) is 59.2 Å². The number of aryl methyl sites for hydroxylation is 2. The molecular weight excluding hydrogens is 478 g/mol. The smallest absolute Gasteiger partial charge is 0.244 e. The summed E-state index contributed by atoms with van der Waals surface area (Å²) in [5.74, 6) is -0.396. The van der Waals surface area contributed by atoms with Crippen molar-refractivity contribution in [3.8, 4) is 5.75 Å². The van der Waals surface area contributed by atoms with Crippen LogP contribution in [0.4, 0.5) is 5.69 Å². The number of hydrogen-bond acceptors (Lipinski definition) is 5. The number of carbonyl (C=O) groups excluding carboxylic acids is 2. The standard InChI is InChI=1S/C27H39N3O5S/c1-8-21(5)28-27(32)23(9-2)29(17-22-13-10-19(3)11-14-22)26(31)18-30(36(7,33)34)24-16-20(4)12-15-25(24)35-6/h10-16,21,23H,8-9,17-18H2,1-7H3,(H,28,32)/t21-,23+/m0/s1. The Morgan fingerprint density at radius 1 is 1.00 bits per heavy atom. The number of amides is 2. The molecule has 2 aromatic carbocycles. The van der Waals surface area contributed by atoms with Gasteiger partial charge in [-0.1, -0.05) is 49.7 Å². The molecule has 0 saturated carbocycles. The molecule has 0 aliphatic carbocycles. The lowest BCUT2D eigenvalue weighted by molar-refractivity contribution is -0.140. The highest BCUT2D eigenvalue weighted by molar-refractivity contribution is 7.92. The summed E-state index contributed by atoms with van der Waals surface area (Å²) in [6, 6.07) is 12.0. The number of hydrogen-bond donors (Lipinski definition) is 1. The number of anilines is 1. The Hall–Kier alpha value is -3.07. The second-order valence-electron chi connectivity index (χ2n) is 9.19. The number of carbonyl (C=O) groups is 2. The van der Waals surface area contributed by atoms with Gasteiger partial charge < -0.3 is 15.0 Å². The average Bonchev–Trinajstić information content (AvgIpc) is 2.82. The SMILES string of the molecule is CC[C@H](C(=O)N[C@@H](C)CC)N(Cc1ccc(C)cc1)C(=O)CN(c1cc(C)ccc1OC)S(C)(=O)=O. The zero-order valence-electron chi connectivity index (χ0n) is 22.4. The van der Waals surface area contributed by atoms with Gasteiger partial charge in [0.2, 0.25) is 21.8 Å². The van der Waals surface area contributed by atoms with Gasteiger partial charge in [0.1, 0.15) is 18.3 Å². The van der Waals surface area contributed by atoms with Crippen LogP contribution < -0.4 is 14.4 Å². The van der Waals surface area contributed by atoms with Crippen molar-refractivity contribution >= 4 is 27.5 Å². The van der Waals surface area contributed by atoms with E-state index in [-0.39, 0.29) is 24.2 Å². The van der Waals surface area contributed by atoms with E-state index in [1.807, 2.05) is 58.9 Å². The molecule has 8 nitrogen and oxygen atoms in total. The lowest BCUT2D eigenvalue weighted by Gasteiger charge is -2.33. The van der Waals surface area contributed by atoms with E-state index in [1.54, 1.807) is 18.2 Å². The minimum absolute atomic E-state index is 0.0491. The fraction of sp³-hybridized carbons (Fsp3) is 0.481. The molecular formula is C27H39N3O5S. The Labute approximate surface area is 215 Å². The summed E-state index contributed by atoms with van der Waals surface area (Å²) in [5.41, 5.74) is 3.03. The highest BCUT2D eigenvalue weighted by Gasteiger charge is 2.33. The number of nitrogens with zero attached hydrogens (tertiary/aromatic N) is 2. The van der Waals surface area contributed by atoms with Gasteiger partial charge in [-0.15, -0.1) is 0 Å². The van der Waals surface area contributed by atoms with Crippen LogP contribution in [0.5, 0.6) is 5.75 Å². The van der Waals surface area contributed by atoms with Crippen LogP contribution in [0.25, 0.3) is 0 Å². The van der Waals surface area contributed by atoms with Crippen LogP contribution in [0.1, 0.15) is 50.3 Å². The number of sulfonamides is 1. The maximum atomic E-state index is 13.8. The second-order valence-corrected chi connectivity index (χ2v) is 11.1.